The highest BCUT2D eigenvalue weighted by Gasteiger charge is 2.09. The van der Waals surface area contributed by atoms with Crippen molar-refractivity contribution in [3.63, 3.8) is 0 Å². The van der Waals surface area contributed by atoms with Gasteiger partial charge >= 0.3 is 0 Å². The fourth-order valence-electron chi connectivity index (χ4n) is 3.85. The van der Waals surface area contributed by atoms with Crippen molar-refractivity contribution in [3.05, 3.63) is 124 Å². The first kappa shape index (κ1) is 25.0. The van der Waals surface area contributed by atoms with E-state index in [-0.39, 0.29) is 11.7 Å². The number of anilines is 2. The van der Waals surface area contributed by atoms with E-state index in [1.807, 2.05) is 85.8 Å². The number of rotatable bonds is 8. The van der Waals surface area contributed by atoms with Gasteiger partial charge in [-0.25, -0.2) is 0 Å². The van der Waals surface area contributed by atoms with Gasteiger partial charge in [0.05, 0.1) is 11.4 Å². The summed E-state index contributed by atoms with van der Waals surface area (Å²) in [7, 11) is 0. The van der Waals surface area contributed by atoms with Crippen LogP contribution in [0.4, 0.5) is 11.4 Å². The molecule has 1 amide bonds. The van der Waals surface area contributed by atoms with E-state index >= 15 is 0 Å². The summed E-state index contributed by atoms with van der Waals surface area (Å²) in [5.41, 5.74) is 12.7. The van der Waals surface area contributed by atoms with Crippen molar-refractivity contribution in [2.75, 3.05) is 11.1 Å². The van der Waals surface area contributed by atoms with Crippen LogP contribution in [-0.4, -0.2) is 11.7 Å². The van der Waals surface area contributed by atoms with Crippen LogP contribution in [0.15, 0.2) is 97.1 Å². The number of ketones is 1. The van der Waals surface area contributed by atoms with E-state index < -0.39 is 0 Å². The Hall–Kier alpha value is -4.15. The molecule has 0 atom stereocenters. The zero-order chi connectivity index (χ0) is 25.5. The molecule has 0 aliphatic carbocycles. The van der Waals surface area contributed by atoms with Crippen LogP contribution in [-0.2, 0) is 11.2 Å². The summed E-state index contributed by atoms with van der Waals surface area (Å²) in [6, 6.07) is 28.6. The molecule has 36 heavy (non-hydrogen) atoms. The second-order valence-electron chi connectivity index (χ2n) is 8.63. The molecule has 4 nitrogen and oxygen atoms in total. The Morgan fingerprint density at radius 2 is 1.64 bits per heavy atom. The molecule has 0 radical (unpaired) electrons. The minimum atomic E-state index is -0.291. The smallest absolute Gasteiger partial charge is 0.248 e. The van der Waals surface area contributed by atoms with Crippen LogP contribution in [0.5, 0.6) is 0 Å². The minimum absolute atomic E-state index is 0.0715. The lowest BCUT2D eigenvalue weighted by atomic mass is 10.0. The number of carbonyl (C=O) groups is 2. The molecule has 0 aliphatic heterocycles. The van der Waals surface area contributed by atoms with E-state index in [0.717, 1.165) is 27.8 Å². The lowest BCUT2D eigenvalue weighted by Crippen LogP contribution is -2.09. The largest absolute Gasteiger partial charge is 0.397 e. The molecule has 0 fully saturated rings. The highest BCUT2D eigenvalue weighted by Crippen LogP contribution is 2.27. The molecular weight excluding hydrogens is 468 g/mol. The minimum Gasteiger partial charge on any atom is -0.397 e. The number of nitrogens with one attached hydrogen (secondary N) is 1. The monoisotopic (exact) mass is 494 g/mol. The van der Waals surface area contributed by atoms with Gasteiger partial charge in [-0.2, -0.15) is 0 Å². The van der Waals surface area contributed by atoms with Crippen molar-refractivity contribution in [1.82, 2.24) is 0 Å². The van der Waals surface area contributed by atoms with Gasteiger partial charge in [0, 0.05) is 23.1 Å². The first-order chi connectivity index (χ1) is 17.4. The van der Waals surface area contributed by atoms with E-state index in [4.69, 9.17) is 17.3 Å². The summed E-state index contributed by atoms with van der Waals surface area (Å²) in [5.74, 6) is -0.220. The Morgan fingerprint density at radius 1 is 0.889 bits per heavy atom. The van der Waals surface area contributed by atoms with E-state index in [0.29, 0.717) is 34.8 Å². The number of carbonyl (C=O) groups excluding carboxylic acids is 2. The number of Topliss-reactive ketones (excluding diaryl/α,β-unsaturated/α-hetero) is 1. The van der Waals surface area contributed by atoms with Crippen molar-refractivity contribution < 1.29 is 9.59 Å². The lowest BCUT2D eigenvalue weighted by Gasteiger charge is -2.09. The standard InChI is InChI=1S/C31H27ClN2O2/c1-21-7-11-24(12-8-21)30(35)17-14-26-19-22(9-15-27(26)32)10-18-31(36)34-29-16-13-25(20-28(29)33)23-5-3-2-4-6-23/h2-13,15-16,18-20H,14,17,33H2,1H3,(H,34,36). The van der Waals surface area contributed by atoms with Gasteiger partial charge in [0.15, 0.2) is 5.78 Å². The molecule has 3 N–H and O–H groups in total. The number of nitrogens with two attached hydrogens (primary N) is 1. The second kappa shape index (κ2) is 11.5. The van der Waals surface area contributed by atoms with Gasteiger partial charge in [-0.05, 0) is 59.9 Å². The van der Waals surface area contributed by atoms with Gasteiger partial charge in [-0.1, -0.05) is 90.0 Å². The molecule has 0 aromatic heterocycles. The van der Waals surface area contributed by atoms with Crippen LogP contribution in [0, 0.1) is 6.92 Å². The number of amides is 1. The molecular formula is C31H27ClN2O2. The third-order valence-corrected chi connectivity index (χ3v) is 6.28. The Bertz CT molecular complexity index is 1410. The molecule has 0 aliphatic rings. The fourth-order valence-corrected chi connectivity index (χ4v) is 4.07. The molecule has 0 bridgehead atoms. The van der Waals surface area contributed by atoms with Crippen molar-refractivity contribution >= 4 is 40.7 Å². The molecule has 0 spiro atoms. The zero-order valence-corrected chi connectivity index (χ0v) is 20.8. The lowest BCUT2D eigenvalue weighted by molar-refractivity contribution is -0.111. The second-order valence-corrected chi connectivity index (χ2v) is 9.04. The first-order valence-corrected chi connectivity index (χ1v) is 12.1. The molecule has 4 rings (SSSR count). The van der Waals surface area contributed by atoms with E-state index in [1.54, 1.807) is 18.2 Å². The van der Waals surface area contributed by atoms with E-state index in [2.05, 4.69) is 5.32 Å². The Labute approximate surface area is 216 Å². The van der Waals surface area contributed by atoms with Gasteiger partial charge in [-0.15, -0.1) is 0 Å². The highest BCUT2D eigenvalue weighted by atomic mass is 35.5. The maximum atomic E-state index is 12.5. The molecule has 0 heterocycles. The van der Waals surface area contributed by atoms with Gasteiger partial charge < -0.3 is 11.1 Å². The summed E-state index contributed by atoms with van der Waals surface area (Å²) in [6.07, 6.45) is 4.04. The van der Waals surface area contributed by atoms with Crippen LogP contribution in [0.3, 0.4) is 0 Å². The van der Waals surface area contributed by atoms with Crippen LogP contribution in [0.1, 0.15) is 33.5 Å². The van der Waals surface area contributed by atoms with Crippen molar-refractivity contribution in [2.45, 2.75) is 19.8 Å². The van der Waals surface area contributed by atoms with Crippen LogP contribution < -0.4 is 11.1 Å². The highest BCUT2D eigenvalue weighted by molar-refractivity contribution is 6.31. The predicted octanol–water partition coefficient (Wildman–Crippen LogP) is 7.37. The third-order valence-electron chi connectivity index (χ3n) is 5.91. The molecule has 4 aromatic rings. The number of halogens is 1. The van der Waals surface area contributed by atoms with Crippen LogP contribution in [0.25, 0.3) is 17.2 Å². The van der Waals surface area contributed by atoms with Gasteiger partial charge in [0.1, 0.15) is 0 Å². The number of nitrogen functional groups attached to an aromatic ring is 1. The van der Waals surface area contributed by atoms with E-state index in [9.17, 15) is 9.59 Å². The molecule has 4 aromatic carbocycles. The fraction of sp³-hybridized carbons (Fsp3) is 0.0968. The number of hydrogen-bond acceptors (Lipinski definition) is 3. The summed E-state index contributed by atoms with van der Waals surface area (Å²) < 4.78 is 0. The quantitative estimate of drug-likeness (QED) is 0.152. The van der Waals surface area contributed by atoms with Gasteiger partial charge in [0.2, 0.25) is 5.91 Å². The van der Waals surface area contributed by atoms with Crippen LogP contribution >= 0.6 is 11.6 Å². The Kier molecular flexibility index (Phi) is 7.99. The number of benzene rings is 4. The van der Waals surface area contributed by atoms with E-state index in [1.165, 1.54) is 6.08 Å². The first-order valence-electron chi connectivity index (χ1n) is 11.7. The predicted molar refractivity (Wildman–Crippen MR) is 149 cm³/mol. The number of hydrogen-bond donors (Lipinski definition) is 2. The van der Waals surface area contributed by atoms with Crippen molar-refractivity contribution in [1.29, 1.82) is 0 Å². The molecule has 0 saturated carbocycles. The maximum absolute atomic E-state index is 12.5. The molecule has 0 unspecified atom stereocenters. The topological polar surface area (TPSA) is 72.2 Å². The van der Waals surface area contributed by atoms with Crippen molar-refractivity contribution in [3.8, 4) is 11.1 Å². The summed E-state index contributed by atoms with van der Waals surface area (Å²) in [6.45, 7) is 1.99. The SMILES string of the molecule is Cc1ccc(C(=O)CCc2cc(C=CC(=O)Nc3ccc(-c4ccccc4)cc3N)ccc2Cl)cc1. The number of aryl methyl sites for hydroxylation is 2. The van der Waals surface area contributed by atoms with Crippen molar-refractivity contribution in [2.24, 2.45) is 0 Å². The normalized spacial score (nSPS) is 10.9. The zero-order valence-electron chi connectivity index (χ0n) is 20.0. The van der Waals surface area contributed by atoms with Gasteiger partial charge in [-0.3, -0.25) is 9.59 Å². The summed E-state index contributed by atoms with van der Waals surface area (Å²) in [4.78, 5) is 25.0. The molecule has 5 heteroatoms. The van der Waals surface area contributed by atoms with Crippen LogP contribution in [0.2, 0.25) is 5.02 Å². The summed E-state index contributed by atoms with van der Waals surface area (Å²) >= 11 is 6.36. The molecule has 0 saturated heterocycles. The summed E-state index contributed by atoms with van der Waals surface area (Å²) in [5, 5.41) is 3.42. The molecule has 180 valence electrons. The van der Waals surface area contributed by atoms with Gasteiger partial charge in [0.25, 0.3) is 0 Å². The maximum Gasteiger partial charge on any atom is 0.248 e. The average molecular weight is 495 g/mol. The average Bonchev–Trinajstić information content (AvgIpc) is 2.89. The third kappa shape index (κ3) is 6.49. The Balaban J connectivity index is 1.38. The Morgan fingerprint density at radius 3 is 2.36 bits per heavy atom.